The van der Waals surface area contributed by atoms with Crippen LogP contribution < -0.4 is 5.43 Å². The molecule has 0 saturated heterocycles. The summed E-state index contributed by atoms with van der Waals surface area (Å²) in [4.78, 5) is 12.1. The van der Waals surface area contributed by atoms with Crippen molar-refractivity contribution in [2.24, 2.45) is 5.10 Å². The second-order valence-electron chi connectivity index (χ2n) is 5.04. The fourth-order valence-corrected chi connectivity index (χ4v) is 2.53. The van der Waals surface area contributed by atoms with Crippen LogP contribution in [0.3, 0.4) is 0 Å². The maximum atomic E-state index is 12.1. The van der Waals surface area contributed by atoms with E-state index in [4.69, 9.17) is 34.8 Å². The summed E-state index contributed by atoms with van der Waals surface area (Å²) >= 11 is 17.6. The number of amides is 1. The molecule has 0 bridgehead atoms. The minimum Gasteiger partial charge on any atom is -0.277 e. The highest BCUT2D eigenvalue weighted by molar-refractivity contribution is 6.42. The zero-order valence-electron chi connectivity index (χ0n) is 12.6. The van der Waals surface area contributed by atoms with Gasteiger partial charge in [-0.3, -0.25) is 9.89 Å². The number of carbonyl (C=O) groups is 1. The Labute approximate surface area is 158 Å². The van der Waals surface area contributed by atoms with Gasteiger partial charge in [-0.1, -0.05) is 46.9 Å². The first-order chi connectivity index (χ1) is 12.0. The fourth-order valence-electron chi connectivity index (χ4n) is 2.10. The lowest BCUT2D eigenvalue weighted by Crippen LogP contribution is -2.17. The van der Waals surface area contributed by atoms with Gasteiger partial charge >= 0.3 is 0 Å². The van der Waals surface area contributed by atoms with Crippen molar-refractivity contribution in [1.82, 2.24) is 15.6 Å². The van der Waals surface area contributed by atoms with Gasteiger partial charge in [0.15, 0.2) is 0 Å². The van der Waals surface area contributed by atoms with Gasteiger partial charge in [0.05, 0.1) is 28.2 Å². The van der Waals surface area contributed by atoms with Crippen molar-refractivity contribution >= 4 is 46.9 Å². The third-order valence-corrected chi connectivity index (χ3v) is 4.34. The summed E-state index contributed by atoms with van der Waals surface area (Å²) in [5, 5.41) is 12.2. The second-order valence-corrected chi connectivity index (χ2v) is 6.29. The van der Waals surface area contributed by atoms with Gasteiger partial charge in [0, 0.05) is 21.7 Å². The number of benzene rings is 2. The molecule has 0 saturated carbocycles. The summed E-state index contributed by atoms with van der Waals surface area (Å²) in [7, 11) is 0. The number of hydrazone groups is 1. The molecule has 2 aromatic carbocycles. The average Bonchev–Trinajstić information content (AvgIpc) is 3.06. The molecule has 1 amide bonds. The summed E-state index contributed by atoms with van der Waals surface area (Å²) in [5.74, 6) is -0.397. The van der Waals surface area contributed by atoms with Crippen LogP contribution in [0.25, 0.3) is 11.3 Å². The first-order valence-electron chi connectivity index (χ1n) is 7.12. The maximum absolute atomic E-state index is 12.1. The minimum atomic E-state index is -0.397. The topological polar surface area (TPSA) is 70.1 Å². The highest BCUT2D eigenvalue weighted by Gasteiger charge is 2.08. The Hall–Kier alpha value is -2.34. The number of carbonyl (C=O) groups excluding carboxylic acids is 1. The zero-order valence-corrected chi connectivity index (χ0v) is 14.9. The Morgan fingerprint density at radius 2 is 1.84 bits per heavy atom. The number of hydrogen-bond acceptors (Lipinski definition) is 3. The molecule has 8 heteroatoms. The number of nitrogens with zero attached hydrogens (tertiary/aromatic N) is 2. The smallest absolute Gasteiger partial charge is 0.271 e. The molecule has 1 aromatic heterocycles. The lowest BCUT2D eigenvalue weighted by molar-refractivity contribution is 0.0955. The molecule has 0 aliphatic carbocycles. The van der Waals surface area contributed by atoms with E-state index >= 15 is 0 Å². The van der Waals surface area contributed by atoms with E-state index in [2.05, 4.69) is 20.7 Å². The minimum absolute atomic E-state index is 0.304. The van der Waals surface area contributed by atoms with E-state index in [0.29, 0.717) is 20.6 Å². The molecule has 0 radical (unpaired) electrons. The molecular formula is C17H11Cl3N4O. The van der Waals surface area contributed by atoms with Crippen LogP contribution in [0.2, 0.25) is 15.1 Å². The van der Waals surface area contributed by atoms with Gasteiger partial charge in [0.2, 0.25) is 0 Å². The highest BCUT2D eigenvalue weighted by atomic mass is 35.5. The van der Waals surface area contributed by atoms with Crippen molar-refractivity contribution in [3.05, 3.63) is 74.9 Å². The third-order valence-electron chi connectivity index (χ3n) is 3.35. The van der Waals surface area contributed by atoms with Gasteiger partial charge in [-0.25, -0.2) is 5.43 Å². The lowest BCUT2D eigenvalue weighted by Gasteiger charge is -2.02. The van der Waals surface area contributed by atoms with Crippen LogP contribution in [0.15, 0.2) is 53.8 Å². The number of hydrogen-bond donors (Lipinski definition) is 2. The zero-order chi connectivity index (χ0) is 17.8. The predicted octanol–water partition coefficient (Wildman–Crippen LogP) is 4.80. The molecule has 2 N–H and O–H groups in total. The van der Waals surface area contributed by atoms with Gasteiger partial charge < -0.3 is 0 Å². The Balaban J connectivity index is 1.73. The number of halogens is 3. The Kier molecular flexibility index (Phi) is 5.38. The van der Waals surface area contributed by atoms with E-state index in [9.17, 15) is 4.79 Å². The fraction of sp³-hybridized carbons (Fsp3) is 0. The molecule has 3 rings (SSSR count). The molecule has 5 nitrogen and oxygen atoms in total. The Bertz CT molecular complexity index is 935. The van der Waals surface area contributed by atoms with Gasteiger partial charge in [0.1, 0.15) is 0 Å². The standard InChI is InChI=1S/C17H11Cl3N4O/c18-13-4-1-10(2-5-13)16-12(8-21-23-16)9-22-24-17(25)11-3-6-14(19)15(20)7-11/h1-9H,(H,21,23)(H,24,25)/b22-9-. The molecule has 0 atom stereocenters. The number of H-pyrrole nitrogens is 1. The van der Waals surface area contributed by atoms with Gasteiger partial charge in [0.25, 0.3) is 5.91 Å². The normalized spacial score (nSPS) is 11.0. The van der Waals surface area contributed by atoms with Gasteiger partial charge in [-0.15, -0.1) is 0 Å². The molecule has 0 aliphatic heterocycles. The molecule has 1 heterocycles. The molecule has 0 unspecified atom stereocenters. The average molecular weight is 394 g/mol. The number of aromatic nitrogens is 2. The molecule has 0 aliphatic rings. The molecule has 126 valence electrons. The van der Waals surface area contributed by atoms with Crippen LogP contribution in [-0.2, 0) is 0 Å². The first-order valence-corrected chi connectivity index (χ1v) is 8.26. The first kappa shape index (κ1) is 17.5. The third kappa shape index (κ3) is 4.20. The lowest BCUT2D eigenvalue weighted by atomic mass is 10.1. The summed E-state index contributed by atoms with van der Waals surface area (Å²) in [5.41, 5.74) is 5.18. The van der Waals surface area contributed by atoms with Crippen LogP contribution in [-0.4, -0.2) is 22.3 Å². The maximum Gasteiger partial charge on any atom is 0.271 e. The van der Waals surface area contributed by atoms with Gasteiger partial charge in [-0.2, -0.15) is 10.2 Å². The van der Waals surface area contributed by atoms with Gasteiger partial charge in [-0.05, 0) is 30.3 Å². The molecule has 0 spiro atoms. The van der Waals surface area contributed by atoms with Crippen molar-refractivity contribution < 1.29 is 4.79 Å². The highest BCUT2D eigenvalue weighted by Crippen LogP contribution is 2.23. The van der Waals surface area contributed by atoms with Crippen LogP contribution >= 0.6 is 34.8 Å². The van der Waals surface area contributed by atoms with E-state index in [1.807, 2.05) is 12.1 Å². The van der Waals surface area contributed by atoms with Crippen LogP contribution in [0.1, 0.15) is 15.9 Å². The van der Waals surface area contributed by atoms with E-state index in [-0.39, 0.29) is 0 Å². The number of nitrogens with one attached hydrogen (secondary N) is 2. The van der Waals surface area contributed by atoms with E-state index in [1.165, 1.54) is 12.3 Å². The van der Waals surface area contributed by atoms with E-state index < -0.39 is 5.91 Å². The number of aromatic amines is 1. The number of rotatable bonds is 4. The van der Waals surface area contributed by atoms with E-state index in [0.717, 1.165) is 16.8 Å². The van der Waals surface area contributed by atoms with Crippen LogP contribution in [0.5, 0.6) is 0 Å². The van der Waals surface area contributed by atoms with Crippen LogP contribution in [0.4, 0.5) is 0 Å². The van der Waals surface area contributed by atoms with Crippen molar-refractivity contribution in [2.45, 2.75) is 0 Å². The molecule has 25 heavy (non-hydrogen) atoms. The monoisotopic (exact) mass is 392 g/mol. The van der Waals surface area contributed by atoms with E-state index in [1.54, 1.807) is 30.5 Å². The molecule has 0 fully saturated rings. The quantitative estimate of drug-likeness (QED) is 0.494. The summed E-state index contributed by atoms with van der Waals surface area (Å²) < 4.78 is 0. The van der Waals surface area contributed by atoms with Crippen molar-refractivity contribution in [3.63, 3.8) is 0 Å². The largest absolute Gasteiger partial charge is 0.277 e. The SMILES string of the molecule is O=C(N/N=C\c1cn[nH]c1-c1ccc(Cl)cc1)c1ccc(Cl)c(Cl)c1. The van der Waals surface area contributed by atoms with Crippen molar-refractivity contribution in [1.29, 1.82) is 0 Å². The molecule has 3 aromatic rings. The molecular weight excluding hydrogens is 383 g/mol. The predicted molar refractivity (Wildman–Crippen MR) is 101 cm³/mol. The summed E-state index contributed by atoms with van der Waals surface area (Å²) in [6.45, 7) is 0. The Morgan fingerprint density at radius 1 is 1.08 bits per heavy atom. The van der Waals surface area contributed by atoms with Crippen molar-refractivity contribution in [2.75, 3.05) is 0 Å². The summed E-state index contributed by atoms with van der Waals surface area (Å²) in [6.07, 6.45) is 3.11. The second kappa shape index (κ2) is 7.70. The Morgan fingerprint density at radius 3 is 2.56 bits per heavy atom. The van der Waals surface area contributed by atoms with Crippen molar-refractivity contribution in [3.8, 4) is 11.3 Å². The summed E-state index contributed by atoms with van der Waals surface area (Å²) in [6, 6.07) is 11.9. The van der Waals surface area contributed by atoms with Crippen LogP contribution in [0, 0.1) is 0 Å².